The van der Waals surface area contributed by atoms with E-state index in [1.165, 1.54) is 55.1 Å². The predicted molar refractivity (Wildman–Crippen MR) is 95.5 cm³/mol. The first-order valence-corrected chi connectivity index (χ1v) is 11.0. The molecule has 0 aromatic heterocycles. The van der Waals surface area contributed by atoms with E-state index in [4.69, 9.17) is 0 Å². The van der Waals surface area contributed by atoms with Gasteiger partial charge in [0, 0.05) is 6.20 Å². The highest BCUT2D eigenvalue weighted by atomic mass is 32.2. The molecule has 0 fully saturated rings. The van der Waals surface area contributed by atoms with Crippen molar-refractivity contribution in [2.75, 3.05) is 6.26 Å². The van der Waals surface area contributed by atoms with Crippen molar-refractivity contribution in [1.29, 1.82) is 0 Å². The van der Waals surface area contributed by atoms with Gasteiger partial charge in [0.15, 0.2) is 0 Å². The molecule has 0 amide bonds. The number of hydrogen-bond acceptors (Lipinski definition) is 2. The minimum absolute atomic E-state index is 0.0519. The lowest BCUT2D eigenvalue weighted by molar-refractivity contribution is 0.389. The number of hydrogen-bond donors (Lipinski definition) is 0. The fourth-order valence-electron chi connectivity index (χ4n) is 4.09. The van der Waals surface area contributed by atoms with Crippen molar-refractivity contribution >= 4 is 10.0 Å². The van der Waals surface area contributed by atoms with Crippen LogP contribution >= 0.6 is 0 Å². The summed E-state index contributed by atoms with van der Waals surface area (Å²) in [6.07, 6.45) is 20.5. The van der Waals surface area contributed by atoms with Gasteiger partial charge in [0.2, 0.25) is 10.0 Å². The largest absolute Gasteiger partial charge is 0.270 e. The van der Waals surface area contributed by atoms with Gasteiger partial charge >= 0.3 is 0 Å². The second kappa shape index (κ2) is 7.25. The Morgan fingerprint density at radius 2 is 1.70 bits per heavy atom. The zero-order chi connectivity index (χ0) is 16.3. The maximum atomic E-state index is 12.4. The van der Waals surface area contributed by atoms with Gasteiger partial charge in [-0.05, 0) is 68.1 Å². The Balaban J connectivity index is 1.97. The van der Waals surface area contributed by atoms with E-state index in [2.05, 4.69) is 12.2 Å². The van der Waals surface area contributed by atoms with Gasteiger partial charge in [0.25, 0.3) is 0 Å². The molecule has 3 rings (SSSR count). The molecular formula is C19H29NO2S. The van der Waals surface area contributed by atoms with Crippen LogP contribution in [0.15, 0.2) is 35.1 Å². The van der Waals surface area contributed by atoms with Crippen molar-refractivity contribution in [3.63, 3.8) is 0 Å². The lowest BCUT2D eigenvalue weighted by Crippen LogP contribution is -2.40. The smallest absolute Gasteiger partial charge is 0.232 e. The van der Waals surface area contributed by atoms with Crippen LogP contribution in [0.2, 0.25) is 0 Å². The third-order valence-corrected chi connectivity index (χ3v) is 6.46. The molecule has 0 radical (unpaired) electrons. The molecule has 0 bridgehead atoms. The summed E-state index contributed by atoms with van der Waals surface area (Å²) in [5.41, 5.74) is 3.95. The highest BCUT2D eigenvalue weighted by Gasteiger charge is 2.32. The minimum atomic E-state index is -3.22. The summed E-state index contributed by atoms with van der Waals surface area (Å²) in [4.78, 5) is 0. The SMILES string of the molecule is CS(=O)(=O)N1C=C(C2=CCCCC2)C/C2=C/CCCCCC[C@H]21. The van der Waals surface area contributed by atoms with Gasteiger partial charge in [-0.2, -0.15) is 0 Å². The van der Waals surface area contributed by atoms with Crippen molar-refractivity contribution in [1.82, 2.24) is 4.31 Å². The van der Waals surface area contributed by atoms with Gasteiger partial charge in [-0.1, -0.05) is 31.4 Å². The monoisotopic (exact) mass is 335 g/mol. The van der Waals surface area contributed by atoms with Crippen molar-refractivity contribution in [2.45, 2.75) is 76.7 Å². The topological polar surface area (TPSA) is 37.4 Å². The first-order valence-electron chi connectivity index (χ1n) is 9.13. The van der Waals surface area contributed by atoms with E-state index in [1.807, 2.05) is 6.20 Å². The first-order chi connectivity index (χ1) is 11.1. The van der Waals surface area contributed by atoms with E-state index in [-0.39, 0.29) is 6.04 Å². The second-order valence-corrected chi connectivity index (χ2v) is 9.07. The molecule has 0 aromatic carbocycles. The maximum absolute atomic E-state index is 12.4. The molecular weight excluding hydrogens is 306 g/mol. The van der Waals surface area contributed by atoms with E-state index >= 15 is 0 Å². The molecule has 1 heterocycles. The first kappa shape index (κ1) is 16.8. The van der Waals surface area contributed by atoms with E-state index < -0.39 is 10.0 Å². The van der Waals surface area contributed by atoms with Crippen LogP contribution < -0.4 is 0 Å². The van der Waals surface area contributed by atoms with Crippen LogP contribution in [-0.2, 0) is 10.0 Å². The highest BCUT2D eigenvalue weighted by Crippen LogP contribution is 2.37. The Hall–Kier alpha value is -1.03. The Kier molecular flexibility index (Phi) is 5.30. The average molecular weight is 336 g/mol. The Bertz CT molecular complexity index is 628. The van der Waals surface area contributed by atoms with E-state index in [1.54, 1.807) is 4.31 Å². The fraction of sp³-hybridized carbons (Fsp3) is 0.684. The number of fused-ring (bicyclic) bond motifs is 1. The van der Waals surface area contributed by atoms with Gasteiger partial charge in [-0.3, -0.25) is 4.31 Å². The van der Waals surface area contributed by atoms with Crippen LogP contribution in [0.4, 0.5) is 0 Å². The summed E-state index contributed by atoms with van der Waals surface area (Å²) in [6, 6.07) is 0.0519. The van der Waals surface area contributed by atoms with Crippen LogP contribution in [0.1, 0.15) is 70.6 Å². The molecule has 0 aromatic rings. The molecule has 0 saturated carbocycles. The summed E-state index contributed by atoms with van der Waals surface area (Å²) in [5, 5.41) is 0. The van der Waals surface area contributed by atoms with Gasteiger partial charge < -0.3 is 0 Å². The third-order valence-electron chi connectivity index (χ3n) is 5.34. The summed E-state index contributed by atoms with van der Waals surface area (Å²) in [6.45, 7) is 0. The third kappa shape index (κ3) is 4.09. The van der Waals surface area contributed by atoms with Crippen LogP contribution in [0.5, 0.6) is 0 Å². The normalized spacial score (nSPS) is 29.2. The van der Waals surface area contributed by atoms with Crippen molar-refractivity contribution in [2.24, 2.45) is 0 Å². The Morgan fingerprint density at radius 3 is 2.43 bits per heavy atom. The second-order valence-electron chi connectivity index (χ2n) is 7.19. The molecule has 3 nitrogen and oxygen atoms in total. The van der Waals surface area contributed by atoms with Crippen LogP contribution in [-0.4, -0.2) is 25.0 Å². The zero-order valence-corrected chi connectivity index (χ0v) is 15.1. The molecule has 0 spiro atoms. The van der Waals surface area contributed by atoms with Crippen LogP contribution in [0, 0.1) is 0 Å². The molecule has 2 aliphatic carbocycles. The number of allylic oxidation sites excluding steroid dienone is 4. The Labute approximate surface area is 141 Å². The van der Waals surface area contributed by atoms with E-state index in [0.29, 0.717) is 0 Å². The van der Waals surface area contributed by atoms with Crippen molar-refractivity contribution in [3.05, 3.63) is 35.1 Å². The molecule has 23 heavy (non-hydrogen) atoms. The molecule has 4 heteroatoms. The van der Waals surface area contributed by atoms with E-state index in [0.717, 1.165) is 38.5 Å². The maximum Gasteiger partial charge on any atom is 0.232 e. The summed E-state index contributed by atoms with van der Waals surface area (Å²) >= 11 is 0. The van der Waals surface area contributed by atoms with Gasteiger partial charge in [0.1, 0.15) is 0 Å². The van der Waals surface area contributed by atoms with Crippen LogP contribution in [0.25, 0.3) is 0 Å². The van der Waals surface area contributed by atoms with E-state index in [9.17, 15) is 8.42 Å². The van der Waals surface area contributed by atoms with Crippen molar-refractivity contribution < 1.29 is 8.42 Å². The average Bonchev–Trinajstić information content (AvgIpc) is 2.65. The predicted octanol–water partition coefficient (Wildman–Crippen LogP) is 4.69. The summed E-state index contributed by atoms with van der Waals surface area (Å²) in [7, 11) is -3.22. The molecule has 0 saturated heterocycles. The van der Waals surface area contributed by atoms with Gasteiger partial charge in [0.05, 0.1) is 12.3 Å². The molecule has 1 atom stereocenters. The lowest BCUT2D eigenvalue weighted by Gasteiger charge is -2.37. The fourth-order valence-corrected chi connectivity index (χ4v) is 5.11. The standard InChI is InChI=1S/C19H29NO2S/c1-23(21,22)20-15-18(16-10-7-5-8-11-16)14-17-12-6-3-2-4-9-13-19(17)20/h10,12,15,19H,2-9,11,13-14H2,1H3/b17-12-/t19-/m1/s1. The minimum Gasteiger partial charge on any atom is -0.270 e. The molecule has 0 unspecified atom stereocenters. The van der Waals surface area contributed by atoms with Gasteiger partial charge in [-0.25, -0.2) is 8.42 Å². The molecule has 0 N–H and O–H groups in total. The highest BCUT2D eigenvalue weighted by molar-refractivity contribution is 7.88. The number of sulfonamides is 1. The summed E-state index contributed by atoms with van der Waals surface area (Å²) < 4.78 is 26.4. The summed E-state index contributed by atoms with van der Waals surface area (Å²) in [5.74, 6) is 0. The zero-order valence-electron chi connectivity index (χ0n) is 14.3. The van der Waals surface area contributed by atoms with Crippen LogP contribution in [0.3, 0.4) is 0 Å². The van der Waals surface area contributed by atoms with Crippen molar-refractivity contribution in [3.8, 4) is 0 Å². The van der Waals surface area contributed by atoms with Gasteiger partial charge in [-0.15, -0.1) is 0 Å². The quantitative estimate of drug-likeness (QED) is 0.687. The number of rotatable bonds is 2. The molecule has 128 valence electrons. The molecule has 3 aliphatic rings. The molecule has 1 aliphatic heterocycles. The lowest BCUT2D eigenvalue weighted by atomic mass is 9.85. The Morgan fingerprint density at radius 1 is 0.957 bits per heavy atom. The number of nitrogens with zero attached hydrogens (tertiary/aromatic N) is 1.